The molecule has 0 amide bonds. The molecule has 1 aliphatic heterocycles. The van der Waals surface area contributed by atoms with Crippen LogP contribution in [0.3, 0.4) is 0 Å². The van der Waals surface area contributed by atoms with Crippen molar-refractivity contribution in [1.82, 2.24) is 5.32 Å². The Hall–Kier alpha value is 0.960. The smallest absolute Gasteiger partial charge is 0 e. The van der Waals surface area contributed by atoms with Crippen molar-refractivity contribution < 1.29 is 0 Å². The first-order valence-corrected chi connectivity index (χ1v) is 1.71. The van der Waals surface area contributed by atoms with E-state index in [4.69, 9.17) is 0 Å². The van der Waals surface area contributed by atoms with Gasteiger partial charge in [0.25, 0.3) is 0 Å². The molecule has 1 saturated heterocycles. The molecule has 25 valence electrons. The zero-order chi connectivity index (χ0) is 2.83. The van der Waals surface area contributed by atoms with Crippen LogP contribution < -0.4 is 5.32 Å². The van der Waals surface area contributed by atoms with Crippen molar-refractivity contribution in [2.45, 2.75) is 6.42 Å². The maximum absolute atomic E-state index is 3.11. The zero-order valence-electron chi connectivity index (χ0n) is 3.62. The maximum Gasteiger partial charge on any atom is 0 e. The van der Waals surface area contributed by atoms with Crippen LogP contribution >= 0.6 is 0 Å². The van der Waals surface area contributed by atoms with E-state index in [9.17, 15) is 0 Å². The first-order valence-electron chi connectivity index (χ1n) is 1.71. The molecule has 0 saturated carbocycles. The summed E-state index contributed by atoms with van der Waals surface area (Å²) in [7, 11) is 0. The fourth-order valence-corrected chi connectivity index (χ4v) is 0.177. The second-order valence-corrected chi connectivity index (χ2v) is 1.10. The largest absolute Gasteiger partial charge is 0.317 e. The quantitative estimate of drug-likeness (QED) is 0.390. The van der Waals surface area contributed by atoms with Crippen molar-refractivity contribution in [2.75, 3.05) is 13.1 Å². The topological polar surface area (TPSA) is 12.0 Å². The summed E-state index contributed by atoms with van der Waals surface area (Å²) in [6.07, 6.45) is 1.39. The average Bonchev–Trinajstić information content (AvgIpc) is 0.722. The Kier molecular flexibility index (Phi) is 3.77. The zero-order valence-corrected chi connectivity index (χ0v) is 5.62. The van der Waals surface area contributed by atoms with Gasteiger partial charge in [-0.05, 0) is 19.5 Å². The molecule has 0 aliphatic carbocycles. The summed E-state index contributed by atoms with van der Waals surface area (Å²) in [4.78, 5) is 0. The molecule has 1 heterocycles. The summed E-state index contributed by atoms with van der Waals surface area (Å²) in [6, 6.07) is 0. The van der Waals surface area contributed by atoms with Crippen LogP contribution in [0.5, 0.6) is 0 Å². The third kappa shape index (κ3) is 1.77. The molecule has 0 aromatic heterocycles. The van der Waals surface area contributed by atoms with Gasteiger partial charge in [0.2, 0.25) is 0 Å². The van der Waals surface area contributed by atoms with E-state index in [-0.39, 0.29) is 29.6 Å². The summed E-state index contributed by atoms with van der Waals surface area (Å²) in [5.74, 6) is 0. The predicted octanol–water partition coefficient (Wildman–Crippen LogP) is -0.401. The monoisotopic (exact) mass is 80.0 g/mol. The molecule has 0 unspecified atom stereocenters. The van der Waals surface area contributed by atoms with Crippen molar-refractivity contribution >= 4 is 29.6 Å². The Morgan fingerprint density at radius 3 is 1.40 bits per heavy atom. The van der Waals surface area contributed by atoms with Crippen LogP contribution in [0.25, 0.3) is 0 Å². The van der Waals surface area contributed by atoms with Gasteiger partial charge in [0.05, 0.1) is 0 Å². The Morgan fingerprint density at radius 1 is 1.20 bits per heavy atom. The van der Waals surface area contributed by atoms with Gasteiger partial charge >= 0.3 is 0 Å². The normalized spacial score (nSPS) is 19.2. The Bertz CT molecular complexity index is 14.9. The second kappa shape index (κ2) is 3.16. The minimum Gasteiger partial charge on any atom is -0.317 e. The van der Waals surface area contributed by atoms with Gasteiger partial charge in [-0.3, -0.25) is 0 Å². The summed E-state index contributed by atoms with van der Waals surface area (Å²) in [5, 5.41) is 3.11. The standard InChI is InChI=1S/C3H7N.Na/c1-2-4-3-1;/h4H,1-3H2;. The van der Waals surface area contributed by atoms with Crippen molar-refractivity contribution in [2.24, 2.45) is 0 Å². The Labute approximate surface area is 54.4 Å². The molecule has 1 aliphatic rings. The summed E-state index contributed by atoms with van der Waals surface area (Å²) in [6.45, 7) is 2.50. The Morgan fingerprint density at radius 2 is 1.40 bits per heavy atom. The number of hydrogen-bond donors (Lipinski definition) is 1. The van der Waals surface area contributed by atoms with Crippen LogP contribution in [-0.4, -0.2) is 42.6 Å². The van der Waals surface area contributed by atoms with E-state index >= 15 is 0 Å². The first kappa shape index (κ1) is 5.96. The molecular weight excluding hydrogens is 73.0 g/mol. The molecule has 0 aromatic carbocycles. The van der Waals surface area contributed by atoms with E-state index in [1.54, 1.807) is 0 Å². The molecule has 0 spiro atoms. The molecule has 0 atom stereocenters. The van der Waals surface area contributed by atoms with E-state index in [1.807, 2.05) is 0 Å². The second-order valence-electron chi connectivity index (χ2n) is 1.10. The van der Waals surface area contributed by atoms with Gasteiger partial charge in [0, 0.05) is 29.6 Å². The minimum absolute atomic E-state index is 0. The molecule has 0 bridgehead atoms. The average molecular weight is 80.1 g/mol. The number of nitrogens with one attached hydrogen (secondary N) is 1. The van der Waals surface area contributed by atoms with Crippen LogP contribution in [0, 0.1) is 0 Å². The van der Waals surface area contributed by atoms with Crippen molar-refractivity contribution in [3.63, 3.8) is 0 Å². The molecule has 0 aromatic rings. The fraction of sp³-hybridized carbons (Fsp3) is 1.00. The van der Waals surface area contributed by atoms with E-state index in [0.29, 0.717) is 0 Å². The molecule has 1 nitrogen and oxygen atoms in total. The minimum atomic E-state index is 0. The van der Waals surface area contributed by atoms with Crippen LogP contribution in [0.4, 0.5) is 0 Å². The van der Waals surface area contributed by atoms with Crippen molar-refractivity contribution in [3.8, 4) is 0 Å². The molecule has 1 fully saturated rings. The first-order chi connectivity index (χ1) is 2.00. The maximum atomic E-state index is 3.11. The van der Waals surface area contributed by atoms with E-state index in [2.05, 4.69) is 5.32 Å². The van der Waals surface area contributed by atoms with Crippen molar-refractivity contribution in [1.29, 1.82) is 0 Å². The van der Waals surface area contributed by atoms with E-state index in [1.165, 1.54) is 19.5 Å². The van der Waals surface area contributed by atoms with E-state index < -0.39 is 0 Å². The molecule has 2 heteroatoms. The predicted molar refractivity (Wildman–Crippen MR) is 23.2 cm³/mol. The van der Waals surface area contributed by atoms with Gasteiger partial charge in [-0.15, -0.1) is 0 Å². The van der Waals surface area contributed by atoms with Gasteiger partial charge in [0.1, 0.15) is 0 Å². The van der Waals surface area contributed by atoms with Crippen molar-refractivity contribution in [3.05, 3.63) is 0 Å². The molecular formula is C3H7NNa. The van der Waals surface area contributed by atoms with Gasteiger partial charge in [0.15, 0.2) is 0 Å². The molecule has 5 heavy (non-hydrogen) atoms. The molecule has 1 N–H and O–H groups in total. The summed E-state index contributed by atoms with van der Waals surface area (Å²) >= 11 is 0. The summed E-state index contributed by atoms with van der Waals surface area (Å²) < 4.78 is 0. The molecule has 1 rings (SSSR count). The number of hydrogen-bond acceptors (Lipinski definition) is 1. The third-order valence-electron chi connectivity index (χ3n) is 0.707. The van der Waals surface area contributed by atoms with Gasteiger partial charge < -0.3 is 5.32 Å². The van der Waals surface area contributed by atoms with Gasteiger partial charge in [-0.25, -0.2) is 0 Å². The number of rotatable bonds is 0. The van der Waals surface area contributed by atoms with Gasteiger partial charge in [-0.1, -0.05) is 0 Å². The Balaban J connectivity index is 0.000000160. The molecule has 1 radical (unpaired) electrons. The fourth-order valence-electron chi connectivity index (χ4n) is 0.177. The van der Waals surface area contributed by atoms with Gasteiger partial charge in [-0.2, -0.15) is 0 Å². The van der Waals surface area contributed by atoms with Crippen LogP contribution in [-0.2, 0) is 0 Å². The van der Waals surface area contributed by atoms with E-state index in [0.717, 1.165) is 0 Å². The third-order valence-corrected chi connectivity index (χ3v) is 0.707. The summed E-state index contributed by atoms with van der Waals surface area (Å²) in [5.41, 5.74) is 0. The van der Waals surface area contributed by atoms with Crippen LogP contribution in [0.15, 0.2) is 0 Å². The van der Waals surface area contributed by atoms with Crippen LogP contribution in [0.2, 0.25) is 0 Å². The SMILES string of the molecule is C1CNC1.[Na]. The van der Waals surface area contributed by atoms with Crippen LogP contribution in [0.1, 0.15) is 6.42 Å².